The van der Waals surface area contributed by atoms with E-state index in [-0.39, 0.29) is 0 Å². The Morgan fingerprint density at radius 3 is 2.37 bits per heavy atom. The summed E-state index contributed by atoms with van der Waals surface area (Å²) in [5.41, 5.74) is 1.00. The van der Waals surface area contributed by atoms with E-state index in [1.165, 1.54) is 51.4 Å². The van der Waals surface area contributed by atoms with Crippen molar-refractivity contribution in [2.75, 3.05) is 6.61 Å². The lowest BCUT2D eigenvalue weighted by Crippen LogP contribution is -2.12. The van der Waals surface area contributed by atoms with Crippen molar-refractivity contribution >= 4 is 0 Å². The Hall–Kier alpha value is -2.12. The van der Waals surface area contributed by atoms with Crippen LogP contribution in [0.2, 0.25) is 0 Å². The zero-order valence-electron chi connectivity index (χ0n) is 17.1. The van der Waals surface area contributed by atoms with Crippen LogP contribution >= 0.6 is 0 Å². The molecule has 0 heterocycles. The van der Waals surface area contributed by atoms with Gasteiger partial charge in [-0.3, -0.25) is 0 Å². The van der Waals surface area contributed by atoms with Crippen molar-refractivity contribution in [1.82, 2.24) is 0 Å². The van der Waals surface area contributed by atoms with Crippen molar-refractivity contribution in [2.24, 2.45) is 11.8 Å². The molecule has 144 valence electrons. The van der Waals surface area contributed by atoms with Crippen LogP contribution in [-0.4, -0.2) is 6.61 Å². The Bertz CT molecular complexity index is 667. The minimum absolute atomic E-state index is 0.584. The van der Waals surface area contributed by atoms with Crippen LogP contribution in [0.25, 0.3) is 0 Å². The molecule has 1 saturated carbocycles. The van der Waals surface area contributed by atoms with E-state index in [1.807, 2.05) is 36.4 Å². The maximum Gasteiger partial charge on any atom is 0.119 e. The van der Waals surface area contributed by atoms with E-state index in [2.05, 4.69) is 37.5 Å². The average Bonchev–Trinajstić information content (AvgIpc) is 2.70. The third-order valence-corrected chi connectivity index (χ3v) is 5.17. The Morgan fingerprint density at radius 1 is 0.926 bits per heavy atom. The Balaban J connectivity index is 1.70. The van der Waals surface area contributed by atoms with Crippen molar-refractivity contribution in [3.8, 4) is 29.4 Å². The van der Waals surface area contributed by atoms with Gasteiger partial charge in [0.2, 0.25) is 0 Å². The predicted molar refractivity (Wildman–Crippen MR) is 116 cm³/mol. The summed E-state index contributed by atoms with van der Waals surface area (Å²) in [7, 11) is 0. The lowest BCUT2D eigenvalue weighted by Gasteiger charge is -2.25. The lowest BCUT2D eigenvalue weighted by molar-refractivity contribution is 0.300. The van der Waals surface area contributed by atoms with Crippen LogP contribution < -0.4 is 4.74 Å². The molecule has 0 saturated heterocycles. The fraction of sp³-hybridized carbons (Fsp3) is 0.538. The van der Waals surface area contributed by atoms with E-state index in [1.54, 1.807) is 0 Å². The fourth-order valence-electron chi connectivity index (χ4n) is 3.55. The van der Waals surface area contributed by atoms with Gasteiger partial charge in [-0.1, -0.05) is 63.2 Å². The highest BCUT2D eigenvalue weighted by molar-refractivity contribution is 5.40. The number of ether oxygens (including phenoxy) is 1. The Labute approximate surface area is 166 Å². The van der Waals surface area contributed by atoms with Gasteiger partial charge in [-0.25, -0.2) is 0 Å². The van der Waals surface area contributed by atoms with Crippen molar-refractivity contribution in [2.45, 2.75) is 71.6 Å². The van der Waals surface area contributed by atoms with Crippen molar-refractivity contribution in [3.05, 3.63) is 42.0 Å². The second kappa shape index (κ2) is 13.1. The van der Waals surface area contributed by atoms with Crippen LogP contribution in [0, 0.1) is 35.5 Å². The molecule has 1 aliphatic carbocycles. The molecule has 0 unspecified atom stereocenters. The van der Waals surface area contributed by atoms with E-state index in [0.717, 1.165) is 30.3 Å². The summed E-state index contributed by atoms with van der Waals surface area (Å²) in [6.07, 6.45) is 15.2. The molecule has 0 radical (unpaired) electrons. The molecule has 0 aromatic heterocycles. The number of allylic oxidation sites excluding steroid dienone is 2. The quantitative estimate of drug-likeness (QED) is 0.384. The summed E-state index contributed by atoms with van der Waals surface area (Å²) in [6, 6.07) is 8.01. The molecule has 0 spiro atoms. The molecular weight excluding hydrogens is 328 g/mol. The standard InChI is InChI=1S/C26H34O/c1-3-5-10-22-27-26-20-18-25(19-21-26)13-9-7-6-8-12-24-16-14-23(11-4-2)15-17-24/h6-7,18-21,23-24H,3-5,10-11,14-17,22H2,1-2H3/b7-6+. The van der Waals surface area contributed by atoms with Crippen LogP contribution in [0.1, 0.15) is 77.2 Å². The van der Waals surface area contributed by atoms with Gasteiger partial charge in [0.25, 0.3) is 0 Å². The van der Waals surface area contributed by atoms with Crippen LogP contribution in [-0.2, 0) is 0 Å². The number of unbranched alkanes of at least 4 members (excludes halogenated alkanes) is 2. The first-order chi connectivity index (χ1) is 13.3. The molecule has 0 atom stereocenters. The number of benzene rings is 1. The van der Waals surface area contributed by atoms with Gasteiger partial charge in [0, 0.05) is 11.5 Å². The number of rotatable bonds is 7. The van der Waals surface area contributed by atoms with E-state index in [0.29, 0.717) is 5.92 Å². The average molecular weight is 363 g/mol. The van der Waals surface area contributed by atoms with Gasteiger partial charge in [-0.05, 0) is 74.4 Å². The van der Waals surface area contributed by atoms with E-state index >= 15 is 0 Å². The summed E-state index contributed by atoms with van der Waals surface area (Å²) < 4.78 is 5.72. The molecule has 1 aliphatic rings. The molecule has 0 N–H and O–H groups in total. The lowest BCUT2D eigenvalue weighted by atomic mass is 9.80. The zero-order valence-corrected chi connectivity index (χ0v) is 17.1. The van der Waals surface area contributed by atoms with Gasteiger partial charge in [0.15, 0.2) is 0 Å². The SMILES string of the molecule is CCCCCOc1ccc(C#C/C=C/C#CC2CCC(CCC)CC2)cc1. The maximum absolute atomic E-state index is 5.72. The number of hydrogen-bond donors (Lipinski definition) is 0. The minimum atomic E-state index is 0.584. The molecule has 0 amide bonds. The first-order valence-electron chi connectivity index (χ1n) is 10.7. The molecule has 1 aromatic carbocycles. The summed E-state index contributed by atoms with van der Waals surface area (Å²) >= 11 is 0. The number of hydrogen-bond acceptors (Lipinski definition) is 1. The van der Waals surface area contributed by atoms with Crippen LogP contribution in [0.3, 0.4) is 0 Å². The molecule has 0 bridgehead atoms. The van der Waals surface area contributed by atoms with Gasteiger partial charge in [0.05, 0.1) is 6.61 Å². The maximum atomic E-state index is 5.72. The van der Waals surface area contributed by atoms with Gasteiger partial charge < -0.3 is 4.74 Å². The molecule has 0 aliphatic heterocycles. The highest BCUT2D eigenvalue weighted by Gasteiger charge is 2.18. The minimum Gasteiger partial charge on any atom is -0.494 e. The summed E-state index contributed by atoms with van der Waals surface area (Å²) in [5.74, 6) is 15.2. The van der Waals surface area contributed by atoms with Crippen LogP contribution in [0.15, 0.2) is 36.4 Å². The van der Waals surface area contributed by atoms with Gasteiger partial charge in [-0.2, -0.15) is 0 Å². The Morgan fingerprint density at radius 2 is 1.67 bits per heavy atom. The first-order valence-corrected chi connectivity index (χ1v) is 10.7. The predicted octanol–water partition coefficient (Wildman–Crippen LogP) is 6.77. The fourth-order valence-corrected chi connectivity index (χ4v) is 3.55. The van der Waals surface area contributed by atoms with Crippen molar-refractivity contribution in [3.63, 3.8) is 0 Å². The second-order valence-corrected chi connectivity index (χ2v) is 7.48. The van der Waals surface area contributed by atoms with Gasteiger partial charge in [0.1, 0.15) is 5.75 Å². The van der Waals surface area contributed by atoms with Crippen LogP contribution in [0.4, 0.5) is 0 Å². The molecule has 2 rings (SSSR count). The highest BCUT2D eigenvalue weighted by atomic mass is 16.5. The van der Waals surface area contributed by atoms with E-state index < -0.39 is 0 Å². The smallest absolute Gasteiger partial charge is 0.119 e. The molecule has 1 heteroatoms. The van der Waals surface area contributed by atoms with Gasteiger partial charge in [-0.15, -0.1) is 0 Å². The Kier molecular flexibility index (Phi) is 10.3. The van der Waals surface area contributed by atoms with Crippen molar-refractivity contribution < 1.29 is 4.74 Å². The molecular formula is C26H34O. The molecule has 1 aromatic rings. The summed E-state index contributed by atoms with van der Waals surface area (Å²) in [4.78, 5) is 0. The monoisotopic (exact) mass is 362 g/mol. The van der Waals surface area contributed by atoms with Gasteiger partial charge >= 0.3 is 0 Å². The third kappa shape index (κ3) is 8.88. The zero-order chi connectivity index (χ0) is 19.2. The summed E-state index contributed by atoms with van der Waals surface area (Å²) in [5, 5.41) is 0. The third-order valence-electron chi connectivity index (χ3n) is 5.17. The highest BCUT2D eigenvalue weighted by Crippen LogP contribution is 2.30. The molecule has 27 heavy (non-hydrogen) atoms. The first kappa shape index (κ1) is 21.2. The van der Waals surface area contributed by atoms with E-state index in [4.69, 9.17) is 4.74 Å². The molecule has 1 nitrogen and oxygen atoms in total. The summed E-state index contributed by atoms with van der Waals surface area (Å²) in [6.45, 7) is 5.28. The van der Waals surface area contributed by atoms with E-state index in [9.17, 15) is 0 Å². The molecule has 1 fully saturated rings. The topological polar surface area (TPSA) is 9.23 Å². The second-order valence-electron chi connectivity index (χ2n) is 7.48. The largest absolute Gasteiger partial charge is 0.494 e. The van der Waals surface area contributed by atoms with Crippen LogP contribution in [0.5, 0.6) is 5.75 Å². The normalized spacial score (nSPS) is 19.0. The van der Waals surface area contributed by atoms with Crippen molar-refractivity contribution in [1.29, 1.82) is 0 Å².